The van der Waals surface area contributed by atoms with E-state index < -0.39 is 0 Å². The van der Waals surface area contributed by atoms with Crippen LogP contribution in [0.2, 0.25) is 0 Å². The number of nitrogens with one attached hydrogen (secondary N) is 2. The molecule has 7 nitrogen and oxygen atoms in total. The number of likely N-dealkylation sites (N-methyl/N-ethyl adjacent to an activating group) is 1. The number of hydrogen-bond acceptors (Lipinski definition) is 4. The van der Waals surface area contributed by atoms with Crippen molar-refractivity contribution in [1.82, 2.24) is 15.5 Å². The molecule has 0 radical (unpaired) electrons. The van der Waals surface area contributed by atoms with Crippen LogP contribution < -0.4 is 15.4 Å². The van der Waals surface area contributed by atoms with Gasteiger partial charge in [-0.25, -0.2) is 4.99 Å². The van der Waals surface area contributed by atoms with E-state index in [1.165, 1.54) is 0 Å². The van der Waals surface area contributed by atoms with Crippen LogP contribution in [-0.4, -0.2) is 55.2 Å². The topological polar surface area (TPSA) is 86.2 Å². The number of aromatic hydroxyl groups is 1. The van der Waals surface area contributed by atoms with E-state index in [9.17, 15) is 9.90 Å². The third kappa shape index (κ3) is 4.78. The normalized spacial score (nSPS) is 18.5. The molecule has 0 aliphatic carbocycles. The first-order valence-electron chi connectivity index (χ1n) is 8.18. The predicted octanol–water partition coefficient (Wildman–Crippen LogP) is 1.08. The molecule has 1 amide bonds. The maximum Gasteiger partial charge on any atom is 0.222 e. The molecule has 1 saturated heterocycles. The summed E-state index contributed by atoms with van der Waals surface area (Å²) < 4.78 is 5.18. The van der Waals surface area contributed by atoms with E-state index in [1.807, 2.05) is 14.0 Å². The summed E-state index contributed by atoms with van der Waals surface area (Å²) in [6.07, 6.45) is 1.34. The number of piperidine rings is 1. The summed E-state index contributed by atoms with van der Waals surface area (Å²) >= 11 is 0. The van der Waals surface area contributed by atoms with Crippen LogP contribution in [0, 0.1) is 0 Å². The number of rotatable bonds is 5. The summed E-state index contributed by atoms with van der Waals surface area (Å²) in [5.74, 6) is 1.73. The fourth-order valence-electron chi connectivity index (χ4n) is 2.62. The molecule has 3 N–H and O–H groups in total. The fourth-order valence-corrected chi connectivity index (χ4v) is 2.62. The quantitative estimate of drug-likeness (QED) is 0.554. The van der Waals surface area contributed by atoms with E-state index in [4.69, 9.17) is 4.74 Å². The smallest absolute Gasteiger partial charge is 0.222 e. The summed E-state index contributed by atoms with van der Waals surface area (Å²) in [6.45, 7) is 3.72. The summed E-state index contributed by atoms with van der Waals surface area (Å²) in [6, 6.07) is 5.26. The molecule has 0 bridgehead atoms. The largest absolute Gasteiger partial charge is 0.508 e. The van der Waals surface area contributed by atoms with Crippen molar-refractivity contribution in [1.29, 1.82) is 0 Å². The number of hydrogen-bond donors (Lipinski definition) is 3. The number of carbonyl (C=O) groups excluding carboxylic acids is 1. The zero-order valence-corrected chi connectivity index (χ0v) is 14.5. The molecule has 0 saturated carbocycles. The fraction of sp³-hybridized carbons (Fsp3) is 0.529. The molecule has 24 heavy (non-hydrogen) atoms. The van der Waals surface area contributed by atoms with Crippen molar-refractivity contribution in [3.05, 3.63) is 23.8 Å². The molecule has 0 spiro atoms. The highest BCUT2D eigenvalue weighted by Gasteiger charge is 2.23. The molecule has 1 aromatic rings. The van der Waals surface area contributed by atoms with Gasteiger partial charge in [0.25, 0.3) is 0 Å². The Bertz CT molecular complexity index is 603. The number of amides is 1. The van der Waals surface area contributed by atoms with Crippen molar-refractivity contribution >= 4 is 11.9 Å². The van der Waals surface area contributed by atoms with Crippen LogP contribution in [0.25, 0.3) is 0 Å². The molecule has 1 aliphatic heterocycles. The summed E-state index contributed by atoms with van der Waals surface area (Å²) in [5, 5.41) is 16.5. The van der Waals surface area contributed by atoms with Gasteiger partial charge in [0.2, 0.25) is 5.91 Å². The zero-order chi connectivity index (χ0) is 17.5. The van der Waals surface area contributed by atoms with Crippen molar-refractivity contribution in [3.8, 4) is 11.5 Å². The van der Waals surface area contributed by atoms with Gasteiger partial charge in [-0.2, -0.15) is 0 Å². The van der Waals surface area contributed by atoms with Gasteiger partial charge in [0, 0.05) is 38.2 Å². The lowest BCUT2D eigenvalue weighted by Crippen LogP contribution is -2.51. The van der Waals surface area contributed by atoms with Crippen LogP contribution in [0.15, 0.2) is 23.2 Å². The van der Waals surface area contributed by atoms with Gasteiger partial charge in [-0.05, 0) is 31.5 Å². The SMILES string of the molecule is CCNC(=NCc1cc(OC)ccc1O)NC1CCC(=O)N(C)C1. The maximum atomic E-state index is 11.6. The zero-order valence-electron chi connectivity index (χ0n) is 14.5. The number of benzene rings is 1. The lowest BCUT2D eigenvalue weighted by molar-refractivity contribution is -0.132. The van der Waals surface area contributed by atoms with Gasteiger partial charge < -0.3 is 25.4 Å². The Morgan fingerprint density at radius 3 is 2.96 bits per heavy atom. The van der Waals surface area contributed by atoms with Gasteiger partial charge in [0.15, 0.2) is 5.96 Å². The van der Waals surface area contributed by atoms with Crippen LogP contribution in [0.3, 0.4) is 0 Å². The molecule has 132 valence electrons. The molecule has 1 aliphatic rings. The van der Waals surface area contributed by atoms with E-state index in [1.54, 1.807) is 30.2 Å². The highest BCUT2D eigenvalue weighted by molar-refractivity contribution is 5.81. The van der Waals surface area contributed by atoms with Gasteiger partial charge in [0.05, 0.1) is 13.7 Å². The summed E-state index contributed by atoms with van der Waals surface area (Å²) in [7, 11) is 3.40. The number of nitrogens with zero attached hydrogens (tertiary/aromatic N) is 2. The molecule has 1 heterocycles. The average Bonchev–Trinajstić information content (AvgIpc) is 2.57. The minimum atomic E-state index is 0.171. The third-order valence-electron chi connectivity index (χ3n) is 4.01. The second-order valence-corrected chi connectivity index (χ2v) is 5.84. The minimum Gasteiger partial charge on any atom is -0.508 e. The Morgan fingerprint density at radius 2 is 2.29 bits per heavy atom. The number of phenols is 1. The van der Waals surface area contributed by atoms with Crippen LogP contribution in [0.1, 0.15) is 25.3 Å². The second kappa shape index (κ2) is 8.42. The van der Waals surface area contributed by atoms with E-state index in [0.717, 1.165) is 13.0 Å². The number of phenolic OH excluding ortho intramolecular Hbond substituents is 1. The first-order chi connectivity index (χ1) is 11.5. The molecule has 2 rings (SSSR count). The Hall–Kier alpha value is -2.44. The predicted molar refractivity (Wildman–Crippen MR) is 93.3 cm³/mol. The Balaban J connectivity index is 2.04. The van der Waals surface area contributed by atoms with E-state index in [2.05, 4.69) is 15.6 Å². The molecular formula is C17H26N4O3. The van der Waals surface area contributed by atoms with Gasteiger partial charge in [-0.15, -0.1) is 0 Å². The molecule has 1 unspecified atom stereocenters. The average molecular weight is 334 g/mol. The highest BCUT2D eigenvalue weighted by atomic mass is 16.5. The Kier molecular flexibility index (Phi) is 6.28. The monoisotopic (exact) mass is 334 g/mol. The molecule has 7 heteroatoms. The van der Waals surface area contributed by atoms with Crippen molar-refractivity contribution in [2.24, 2.45) is 4.99 Å². The number of guanidine groups is 1. The molecule has 1 atom stereocenters. The molecule has 1 fully saturated rings. The van der Waals surface area contributed by atoms with E-state index >= 15 is 0 Å². The van der Waals surface area contributed by atoms with Crippen LogP contribution >= 0.6 is 0 Å². The molecule has 1 aromatic carbocycles. The Morgan fingerprint density at radius 1 is 1.50 bits per heavy atom. The number of likely N-dealkylation sites (tertiary alicyclic amines) is 1. The van der Waals surface area contributed by atoms with Crippen molar-refractivity contribution in [2.45, 2.75) is 32.4 Å². The lowest BCUT2D eigenvalue weighted by Gasteiger charge is -2.31. The van der Waals surface area contributed by atoms with Crippen molar-refractivity contribution in [2.75, 3.05) is 27.2 Å². The van der Waals surface area contributed by atoms with Crippen LogP contribution in [-0.2, 0) is 11.3 Å². The lowest BCUT2D eigenvalue weighted by atomic mass is 10.1. The first-order valence-corrected chi connectivity index (χ1v) is 8.18. The minimum absolute atomic E-state index is 0.171. The van der Waals surface area contributed by atoms with Gasteiger partial charge >= 0.3 is 0 Å². The number of ether oxygens (including phenoxy) is 1. The van der Waals surface area contributed by atoms with E-state index in [-0.39, 0.29) is 17.7 Å². The van der Waals surface area contributed by atoms with E-state index in [0.29, 0.717) is 36.8 Å². The van der Waals surface area contributed by atoms with Gasteiger partial charge in [-0.1, -0.05) is 0 Å². The highest BCUT2D eigenvalue weighted by Crippen LogP contribution is 2.23. The molecule has 0 aromatic heterocycles. The van der Waals surface area contributed by atoms with Crippen molar-refractivity contribution < 1.29 is 14.6 Å². The summed E-state index contributed by atoms with van der Waals surface area (Å²) in [4.78, 5) is 17.8. The second-order valence-electron chi connectivity index (χ2n) is 5.84. The first kappa shape index (κ1) is 17.9. The van der Waals surface area contributed by atoms with Gasteiger partial charge in [0.1, 0.15) is 11.5 Å². The maximum absolute atomic E-state index is 11.6. The van der Waals surface area contributed by atoms with Crippen LogP contribution in [0.5, 0.6) is 11.5 Å². The van der Waals surface area contributed by atoms with Crippen LogP contribution in [0.4, 0.5) is 0 Å². The third-order valence-corrected chi connectivity index (χ3v) is 4.01. The standard InChI is InChI=1S/C17H26N4O3/c1-4-18-17(20-13-5-8-16(23)21(2)11-13)19-10-12-9-14(24-3)6-7-15(12)22/h6-7,9,13,22H,4-5,8,10-11H2,1-3H3,(H2,18,19,20). The Labute approximate surface area is 142 Å². The number of methoxy groups -OCH3 is 1. The number of aliphatic imine (C=N–C) groups is 1. The van der Waals surface area contributed by atoms with Crippen molar-refractivity contribution in [3.63, 3.8) is 0 Å². The molecular weight excluding hydrogens is 308 g/mol. The number of carbonyl (C=O) groups is 1. The summed E-state index contributed by atoms with van der Waals surface area (Å²) in [5.41, 5.74) is 0.697. The van der Waals surface area contributed by atoms with Gasteiger partial charge in [-0.3, -0.25) is 4.79 Å².